The Morgan fingerprint density at radius 3 is 2.15 bits per heavy atom. The largest absolute Gasteiger partial charge is 0.382 e. The number of β-amino-alcohol motifs (C(OH)–C–C–N with tert-alkyl or cyclic N) is 1. The van der Waals surface area contributed by atoms with Crippen molar-refractivity contribution in [2.45, 2.75) is 5.60 Å². The van der Waals surface area contributed by atoms with Crippen LogP contribution in [0.5, 0.6) is 0 Å². The number of aliphatic hydroxyl groups is 1. The monoisotopic (exact) mass is 263 g/mol. The first-order valence-electron chi connectivity index (χ1n) is 3.90. The van der Waals surface area contributed by atoms with Crippen molar-refractivity contribution in [2.75, 3.05) is 13.1 Å². The first-order valence-corrected chi connectivity index (χ1v) is 4.69. The van der Waals surface area contributed by atoms with Crippen molar-refractivity contribution in [3.8, 4) is 0 Å². The van der Waals surface area contributed by atoms with Crippen LogP contribution in [-0.4, -0.2) is 18.2 Å². The predicted molar refractivity (Wildman–Crippen MR) is 58.2 cm³/mol. The minimum absolute atomic E-state index is 0. The van der Waals surface area contributed by atoms with E-state index in [4.69, 9.17) is 0 Å². The smallest absolute Gasteiger partial charge is 0.114 e. The first kappa shape index (κ1) is 11.0. The molecule has 1 fully saturated rings. The Bertz CT molecular complexity index is 284. The third kappa shape index (κ3) is 2.05. The summed E-state index contributed by atoms with van der Waals surface area (Å²) in [4.78, 5) is 0. The van der Waals surface area contributed by atoms with Gasteiger partial charge in [0.1, 0.15) is 5.60 Å². The predicted octanol–water partition coefficient (Wildman–Crippen LogP) is 1.66. The molecular weight excluding hydrogens is 253 g/mol. The van der Waals surface area contributed by atoms with Gasteiger partial charge in [0.05, 0.1) is 0 Å². The van der Waals surface area contributed by atoms with Crippen LogP contribution < -0.4 is 5.32 Å². The van der Waals surface area contributed by atoms with E-state index in [-0.39, 0.29) is 12.4 Å². The summed E-state index contributed by atoms with van der Waals surface area (Å²) in [6.45, 7) is 1.32. The van der Waals surface area contributed by atoms with Crippen molar-refractivity contribution < 1.29 is 5.11 Å². The van der Waals surface area contributed by atoms with Gasteiger partial charge in [0, 0.05) is 17.6 Å². The van der Waals surface area contributed by atoms with E-state index in [0.717, 1.165) is 10.0 Å². The second kappa shape index (κ2) is 3.96. The Labute approximate surface area is 91.9 Å². The molecule has 4 heteroatoms. The summed E-state index contributed by atoms with van der Waals surface area (Å²) in [6, 6.07) is 7.80. The fraction of sp³-hybridized carbons (Fsp3) is 0.333. The summed E-state index contributed by atoms with van der Waals surface area (Å²) in [5.41, 5.74) is 0.366. The summed E-state index contributed by atoms with van der Waals surface area (Å²) in [5, 5.41) is 12.9. The molecule has 0 unspecified atom stereocenters. The van der Waals surface area contributed by atoms with E-state index in [1.807, 2.05) is 24.3 Å². The maximum atomic E-state index is 9.89. The lowest BCUT2D eigenvalue weighted by Crippen LogP contribution is -2.56. The van der Waals surface area contributed by atoms with Gasteiger partial charge in [0.25, 0.3) is 0 Å². The molecule has 0 saturated carbocycles. The van der Waals surface area contributed by atoms with E-state index in [1.165, 1.54) is 0 Å². The highest BCUT2D eigenvalue weighted by atomic mass is 79.9. The minimum atomic E-state index is -0.624. The third-order valence-electron chi connectivity index (χ3n) is 2.22. The molecule has 1 heterocycles. The molecular formula is C9H11BrClNO. The van der Waals surface area contributed by atoms with Crippen LogP contribution in [0, 0.1) is 0 Å². The number of nitrogens with one attached hydrogen (secondary N) is 1. The average molecular weight is 265 g/mol. The van der Waals surface area contributed by atoms with Crippen LogP contribution in [0.2, 0.25) is 0 Å². The molecule has 13 heavy (non-hydrogen) atoms. The topological polar surface area (TPSA) is 32.3 Å². The quantitative estimate of drug-likeness (QED) is 0.809. The van der Waals surface area contributed by atoms with Crippen LogP contribution in [0.3, 0.4) is 0 Å². The molecule has 0 atom stereocenters. The fourth-order valence-electron chi connectivity index (χ4n) is 1.33. The van der Waals surface area contributed by atoms with Gasteiger partial charge in [0.15, 0.2) is 0 Å². The highest BCUT2D eigenvalue weighted by Crippen LogP contribution is 2.26. The maximum absolute atomic E-state index is 9.89. The normalized spacial score (nSPS) is 18.6. The minimum Gasteiger partial charge on any atom is -0.382 e. The average Bonchev–Trinajstić information content (AvgIpc) is 2.02. The van der Waals surface area contributed by atoms with Crippen molar-refractivity contribution >= 4 is 28.3 Å². The molecule has 0 bridgehead atoms. The molecule has 1 aromatic carbocycles. The molecule has 2 N–H and O–H groups in total. The van der Waals surface area contributed by atoms with Crippen LogP contribution in [0.1, 0.15) is 5.56 Å². The van der Waals surface area contributed by atoms with Crippen molar-refractivity contribution in [3.63, 3.8) is 0 Å². The van der Waals surface area contributed by atoms with Gasteiger partial charge in [-0.3, -0.25) is 0 Å². The highest BCUT2D eigenvalue weighted by Gasteiger charge is 2.35. The van der Waals surface area contributed by atoms with Crippen LogP contribution >= 0.6 is 28.3 Å². The number of halogens is 2. The van der Waals surface area contributed by atoms with E-state index in [9.17, 15) is 5.11 Å². The van der Waals surface area contributed by atoms with Crippen molar-refractivity contribution in [3.05, 3.63) is 34.3 Å². The fourth-order valence-corrected chi connectivity index (χ4v) is 1.59. The highest BCUT2D eigenvalue weighted by molar-refractivity contribution is 9.10. The van der Waals surface area contributed by atoms with Crippen LogP contribution in [0.25, 0.3) is 0 Å². The van der Waals surface area contributed by atoms with Gasteiger partial charge >= 0.3 is 0 Å². The molecule has 0 radical (unpaired) electrons. The number of rotatable bonds is 1. The van der Waals surface area contributed by atoms with Crippen LogP contribution in [0.4, 0.5) is 0 Å². The summed E-state index contributed by atoms with van der Waals surface area (Å²) < 4.78 is 1.04. The van der Waals surface area contributed by atoms with Gasteiger partial charge in [-0.05, 0) is 17.7 Å². The Balaban J connectivity index is 0.000000845. The SMILES string of the molecule is Cl.OC1(c2ccc(Br)cc2)CNC1. The molecule has 2 nitrogen and oxygen atoms in total. The van der Waals surface area contributed by atoms with Crippen LogP contribution in [0.15, 0.2) is 28.7 Å². The molecule has 1 aromatic rings. The Hall–Kier alpha value is -0.0900. The molecule has 0 spiro atoms. The number of benzene rings is 1. The van der Waals surface area contributed by atoms with E-state index in [2.05, 4.69) is 21.2 Å². The Morgan fingerprint density at radius 2 is 1.77 bits per heavy atom. The summed E-state index contributed by atoms with van der Waals surface area (Å²) in [6.07, 6.45) is 0. The molecule has 72 valence electrons. The lowest BCUT2D eigenvalue weighted by molar-refractivity contribution is -0.0146. The van der Waals surface area contributed by atoms with Gasteiger partial charge in [-0.2, -0.15) is 0 Å². The summed E-state index contributed by atoms with van der Waals surface area (Å²) >= 11 is 3.35. The summed E-state index contributed by atoms with van der Waals surface area (Å²) in [5.74, 6) is 0. The zero-order valence-corrected chi connectivity index (χ0v) is 9.36. The Morgan fingerprint density at radius 1 is 1.23 bits per heavy atom. The van der Waals surface area contributed by atoms with Crippen molar-refractivity contribution in [1.82, 2.24) is 5.32 Å². The van der Waals surface area contributed by atoms with Crippen molar-refractivity contribution in [1.29, 1.82) is 0 Å². The van der Waals surface area contributed by atoms with Crippen molar-refractivity contribution in [2.24, 2.45) is 0 Å². The van der Waals surface area contributed by atoms with Gasteiger partial charge in [-0.15, -0.1) is 12.4 Å². The van der Waals surface area contributed by atoms with Gasteiger partial charge in [-0.25, -0.2) is 0 Å². The number of hydrogen-bond acceptors (Lipinski definition) is 2. The zero-order valence-electron chi connectivity index (χ0n) is 6.96. The summed E-state index contributed by atoms with van der Waals surface area (Å²) in [7, 11) is 0. The Kier molecular flexibility index (Phi) is 3.35. The van der Waals surface area contributed by atoms with E-state index in [0.29, 0.717) is 13.1 Å². The van der Waals surface area contributed by atoms with Crippen LogP contribution in [-0.2, 0) is 5.60 Å². The van der Waals surface area contributed by atoms with E-state index in [1.54, 1.807) is 0 Å². The van der Waals surface area contributed by atoms with Gasteiger partial charge in [0.2, 0.25) is 0 Å². The standard InChI is InChI=1S/C9H10BrNO.ClH/c10-8-3-1-7(2-4-8)9(12)5-11-6-9;/h1-4,11-12H,5-6H2;1H. The zero-order chi connectivity index (χ0) is 8.60. The molecule has 2 rings (SSSR count). The lowest BCUT2D eigenvalue weighted by Gasteiger charge is -2.38. The van der Waals surface area contributed by atoms with Gasteiger partial charge in [-0.1, -0.05) is 28.1 Å². The maximum Gasteiger partial charge on any atom is 0.114 e. The molecule has 0 aromatic heterocycles. The third-order valence-corrected chi connectivity index (χ3v) is 2.75. The molecule has 0 aliphatic carbocycles. The van der Waals surface area contributed by atoms with Gasteiger partial charge < -0.3 is 10.4 Å². The molecule has 1 aliphatic rings. The molecule has 0 amide bonds. The second-order valence-corrected chi connectivity index (χ2v) is 4.06. The van der Waals surface area contributed by atoms with E-state index >= 15 is 0 Å². The molecule has 1 aliphatic heterocycles. The van der Waals surface area contributed by atoms with E-state index < -0.39 is 5.60 Å². The number of hydrogen-bond donors (Lipinski definition) is 2. The molecule has 1 saturated heterocycles. The first-order chi connectivity index (χ1) is 5.71. The lowest BCUT2D eigenvalue weighted by atomic mass is 9.88. The second-order valence-electron chi connectivity index (χ2n) is 3.14.